The minimum absolute atomic E-state index is 0.174. The average molecular weight is 223 g/mol. The molecule has 0 bridgehead atoms. The number of nitrogens with zero attached hydrogens (tertiary/aromatic N) is 1. The van der Waals surface area contributed by atoms with Crippen molar-refractivity contribution in [3.8, 4) is 0 Å². The van der Waals surface area contributed by atoms with Gasteiger partial charge in [0, 0.05) is 12.2 Å². The minimum Gasteiger partial charge on any atom is -0.449 e. The molecule has 0 saturated heterocycles. The molecule has 2 rings (SSSR count). The van der Waals surface area contributed by atoms with Crippen LogP contribution in [0, 0.1) is 5.92 Å². The first-order chi connectivity index (χ1) is 7.77. The fraction of sp³-hybridized carbons (Fsp3) is 0.769. The molecule has 1 aliphatic carbocycles. The largest absolute Gasteiger partial charge is 0.449 e. The summed E-state index contributed by atoms with van der Waals surface area (Å²) in [5.41, 5.74) is 0. The van der Waals surface area contributed by atoms with Crippen LogP contribution in [0.25, 0.3) is 0 Å². The maximum atomic E-state index is 11.8. The summed E-state index contributed by atoms with van der Waals surface area (Å²) in [5.74, 6) is 0.597. The minimum atomic E-state index is -0.174. The number of carbonyl (C=O) groups excluding carboxylic acids is 1. The van der Waals surface area contributed by atoms with Gasteiger partial charge in [0.25, 0.3) is 0 Å². The molecule has 3 nitrogen and oxygen atoms in total. The number of hydrogen-bond donors (Lipinski definition) is 0. The number of hydrogen-bond acceptors (Lipinski definition) is 2. The molecule has 90 valence electrons. The van der Waals surface area contributed by atoms with Crippen LogP contribution in [-0.4, -0.2) is 23.6 Å². The zero-order chi connectivity index (χ0) is 11.4. The van der Waals surface area contributed by atoms with Gasteiger partial charge in [0.05, 0.1) is 6.61 Å². The molecule has 1 atom stereocenters. The van der Waals surface area contributed by atoms with Crippen molar-refractivity contribution in [3.63, 3.8) is 0 Å². The Kier molecular flexibility index (Phi) is 3.86. The Bertz CT molecular complexity index is 269. The molecular weight excluding hydrogens is 202 g/mol. The van der Waals surface area contributed by atoms with Crippen LogP contribution in [0.2, 0.25) is 0 Å². The van der Waals surface area contributed by atoms with E-state index >= 15 is 0 Å². The second kappa shape index (κ2) is 5.37. The van der Waals surface area contributed by atoms with Crippen LogP contribution in [0.3, 0.4) is 0 Å². The molecule has 1 unspecified atom stereocenters. The summed E-state index contributed by atoms with van der Waals surface area (Å²) < 4.78 is 5.37. The van der Waals surface area contributed by atoms with Gasteiger partial charge in [-0.2, -0.15) is 0 Å². The molecule has 2 aliphatic rings. The summed E-state index contributed by atoms with van der Waals surface area (Å²) in [5, 5.41) is 0. The zero-order valence-electron chi connectivity index (χ0n) is 10.0. The summed E-state index contributed by atoms with van der Waals surface area (Å²) in [6, 6.07) is 0.263. The molecule has 1 heterocycles. The summed E-state index contributed by atoms with van der Waals surface area (Å²) in [6.45, 7) is 2.65. The number of rotatable bonds is 2. The Labute approximate surface area is 97.5 Å². The van der Waals surface area contributed by atoms with E-state index in [1.54, 1.807) is 4.90 Å². The fourth-order valence-electron chi connectivity index (χ4n) is 2.49. The molecule has 0 aromatic rings. The van der Waals surface area contributed by atoms with Crippen molar-refractivity contribution in [3.05, 3.63) is 12.3 Å². The molecular formula is C13H21NO2. The SMILES string of the molecule is CC1CC=CN1C(=O)OCC1CCCCC1. The first-order valence-corrected chi connectivity index (χ1v) is 6.39. The van der Waals surface area contributed by atoms with Crippen LogP contribution in [0.4, 0.5) is 4.79 Å². The average Bonchev–Trinajstić information content (AvgIpc) is 2.74. The van der Waals surface area contributed by atoms with Gasteiger partial charge in [-0.05, 0) is 32.1 Å². The maximum absolute atomic E-state index is 11.8. The van der Waals surface area contributed by atoms with Gasteiger partial charge in [-0.3, -0.25) is 4.90 Å². The predicted molar refractivity (Wildman–Crippen MR) is 63.0 cm³/mol. The lowest BCUT2D eigenvalue weighted by Gasteiger charge is -2.24. The van der Waals surface area contributed by atoms with Gasteiger partial charge < -0.3 is 4.74 Å². The summed E-state index contributed by atoms with van der Waals surface area (Å²) in [6.07, 6.45) is 11.0. The van der Waals surface area contributed by atoms with E-state index < -0.39 is 0 Å². The third-order valence-electron chi connectivity index (χ3n) is 3.60. The third-order valence-corrected chi connectivity index (χ3v) is 3.60. The van der Waals surface area contributed by atoms with E-state index in [1.807, 2.05) is 19.2 Å². The Hall–Kier alpha value is -0.990. The van der Waals surface area contributed by atoms with Crippen molar-refractivity contribution < 1.29 is 9.53 Å². The molecule has 0 aromatic heterocycles. The standard InChI is InChI=1S/C13H21NO2/c1-11-6-5-9-14(11)13(15)16-10-12-7-3-2-4-8-12/h5,9,11-12H,2-4,6-8,10H2,1H3. The number of carbonyl (C=O) groups is 1. The van der Waals surface area contributed by atoms with Gasteiger partial charge in [-0.25, -0.2) is 4.79 Å². The van der Waals surface area contributed by atoms with Crippen LogP contribution in [0.5, 0.6) is 0 Å². The first kappa shape index (κ1) is 11.5. The van der Waals surface area contributed by atoms with Crippen molar-refractivity contribution in [1.29, 1.82) is 0 Å². The molecule has 0 radical (unpaired) electrons. The molecule has 1 saturated carbocycles. The summed E-state index contributed by atoms with van der Waals surface area (Å²) in [7, 11) is 0. The van der Waals surface area contributed by atoms with Crippen molar-refractivity contribution in [1.82, 2.24) is 4.90 Å². The predicted octanol–water partition coefficient (Wildman–Crippen LogP) is 3.31. The highest BCUT2D eigenvalue weighted by atomic mass is 16.6. The molecule has 1 aliphatic heterocycles. The normalized spacial score (nSPS) is 26.1. The molecule has 3 heteroatoms. The van der Waals surface area contributed by atoms with Gasteiger partial charge >= 0.3 is 6.09 Å². The van der Waals surface area contributed by atoms with E-state index in [2.05, 4.69) is 0 Å². The Morgan fingerprint density at radius 2 is 2.12 bits per heavy atom. The van der Waals surface area contributed by atoms with Crippen molar-refractivity contribution in [2.45, 2.75) is 51.5 Å². The van der Waals surface area contributed by atoms with Crippen molar-refractivity contribution >= 4 is 6.09 Å². The molecule has 1 fully saturated rings. The monoisotopic (exact) mass is 223 g/mol. The first-order valence-electron chi connectivity index (χ1n) is 6.39. The zero-order valence-corrected chi connectivity index (χ0v) is 10.0. The van der Waals surface area contributed by atoms with E-state index in [1.165, 1.54) is 32.1 Å². The van der Waals surface area contributed by atoms with Crippen molar-refractivity contribution in [2.75, 3.05) is 6.61 Å². The Balaban J connectivity index is 1.72. The van der Waals surface area contributed by atoms with Gasteiger partial charge in [-0.1, -0.05) is 25.3 Å². The second-order valence-electron chi connectivity index (χ2n) is 4.96. The van der Waals surface area contributed by atoms with Crippen LogP contribution >= 0.6 is 0 Å². The van der Waals surface area contributed by atoms with Crippen LogP contribution < -0.4 is 0 Å². The fourth-order valence-corrected chi connectivity index (χ4v) is 2.49. The third kappa shape index (κ3) is 2.77. The highest BCUT2D eigenvalue weighted by Gasteiger charge is 2.23. The molecule has 1 amide bonds. The summed E-state index contributed by atoms with van der Waals surface area (Å²) >= 11 is 0. The van der Waals surface area contributed by atoms with Crippen LogP contribution in [-0.2, 0) is 4.74 Å². The Morgan fingerprint density at radius 3 is 2.75 bits per heavy atom. The van der Waals surface area contributed by atoms with Gasteiger partial charge in [-0.15, -0.1) is 0 Å². The lowest BCUT2D eigenvalue weighted by atomic mass is 9.90. The highest BCUT2D eigenvalue weighted by Crippen LogP contribution is 2.24. The van der Waals surface area contributed by atoms with E-state index in [0.29, 0.717) is 12.5 Å². The number of amides is 1. The van der Waals surface area contributed by atoms with Crippen LogP contribution in [0.15, 0.2) is 12.3 Å². The van der Waals surface area contributed by atoms with E-state index in [9.17, 15) is 4.79 Å². The maximum Gasteiger partial charge on any atom is 0.414 e. The van der Waals surface area contributed by atoms with Crippen LogP contribution in [0.1, 0.15) is 45.4 Å². The topological polar surface area (TPSA) is 29.5 Å². The smallest absolute Gasteiger partial charge is 0.414 e. The Morgan fingerprint density at radius 1 is 1.38 bits per heavy atom. The molecule has 16 heavy (non-hydrogen) atoms. The molecule has 0 spiro atoms. The quantitative estimate of drug-likeness (QED) is 0.718. The summed E-state index contributed by atoms with van der Waals surface area (Å²) in [4.78, 5) is 13.4. The van der Waals surface area contributed by atoms with Gasteiger partial charge in [0.2, 0.25) is 0 Å². The van der Waals surface area contributed by atoms with E-state index in [4.69, 9.17) is 4.74 Å². The lowest BCUT2D eigenvalue weighted by Crippen LogP contribution is -2.32. The second-order valence-corrected chi connectivity index (χ2v) is 4.96. The van der Waals surface area contributed by atoms with Gasteiger partial charge in [0.15, 0.2) is 0 Å². The molecule has 0 aromatic carbocycles. The van der Waals surface area contributed by atoms with Crippen molar-refractivity contribution in [2.24, 2.45) is 5.92 Å². The van der Waals surface area contributed by atoms with E-state index in [-0.39, 0.29) is 12.1 Å². The number of ether oxygens (including phenoxy) is 1. The lowest BCUT2D eigenvalue weighted by molar-refractivity contribution is 0.0869. The molecule has 0 N–H and O–H groups in total. The van der Waals surface area contributed by atoms with Gasteiger partial charge in [0.1, 0.15) is 0 Å². The highest BCUT2D eigenvalue weighted by molar-refractivity contribution is 5.69. The van der Waals surface area contributed by atoms with E-state index in [0.717, 1.165) is 6.42 Å².